The Morgan fingerprint density at radius 3 is 2.52 bits per heavy atom. The van der Waals surface area contributed by atoms with Crippen molar-refractivity contribution in [2.24, 2.45) is 0 Å². The van der Waals surface area contributed by atoms with Gasteiger partial charge in [-0.1, -0.05) is 36.4 Å². The summed E-state index contributed by atoms with van der Waals surface area (Å²) < 4.78 is 13.5. The van der Waals surface area contributed by atoms with Crippen LogP contribution in [0, 0.1) is 19.7 Å². The van der Waals surface area contributed by atoms with E-state index in [1.807, 2.05) is 26.0 Å². The maximum absolute atomic E-state index is 13.5. The van der Waals surface area contributed by atoms with Gasteiger partial charge in [-0.3, -0.25) is 4.79 Å². The molecular weight excluding hydrogens is 265 g/mol. The van der Waals surface area contributed by atoms with E-state index in [-0.39, 0.29) is 24.2 Å². The van der Waals surface area contributed by atoms with Gasteiger partial charge in [0.1, 0.15) is 5.82 Å². The summed E-state index contributed by atoms with van der Waals surface area (Å²) in [7, 11) is 0. The summed E-state index contributed by atoms with van der Waals surface area (Å²) in [6.07, 6.45) is 0.0574. The summed E-state index contributed by atoms with van der Waals surface area (Å²) in [6, 6.07) is 12.4. The van der Waals surface area contributed by atoms with Crippen LogP contribution in [0.3, 0.4) is 0 Å². The van der Waals surface area contributed by atoms with Crippen molar-refractivity contribution in [3.05, 3.63) is 70.5 Å². The minimum absolute atomic E-state index is 0.0574. The van der Waals surface area contributed by atoms with Gasteiger partial charge in [-0.25, -0.2) is 4.39 Å². The first-order valence-corrected chi connectivity index (χ1v) is 7.07. The molecule has 0 saturated heterocycles. The van der Waals surface area contributed by atoms with Crippen molar-refractivity contribution in [3.8, 4) is 0 Å². The predicted octanol–water partition coefficient (Wildman–Crippen LogP) is 3.86. The van der Waals surface area contributed by atoms with Gasteiger partial charge in [-0.15, -0.1) is 0 Å². The predicted molar refractivity (Wildman–Crippen MR) is 82.6 cm³/mol. The molecule has 0 aromatic heterocycles. The van der Waals surface area contributed by atoms with Crippen molar-refractivity contribution in [2.75, 3.05) is 0 Å². The minimum Gasteiger partial charge on any atom is -0.349 e. The molecule has 0 fully saturated rings. The Morgan fingerprint density at radius 2 is 1.86 bits per heavy atom. The topological polar surface area (TPSA) is 29.1 Å². The lowest BCUT2D eigenvalue weighted by Gasteiger charge is -2.16. The van der Waals surface area contributed by atoms with Crippen molar-refractivity contribution in [2.45, 2.75) is 33.2 Å². The molecule has 0 radical (unpaired) electrons. The fraction of sp³-hybridized carbons (Fsp3) is 0.278. The van der Waals surface area contributed by atoms with Crippen LogP contribution in [-0.4, -0.2) is 5.91 Å². The van der Waals surface area contributed by atoms with Crippen molar-refractivity contribution >= 4 is 5.91 Å². The smallest absolute Gasteiger partial charge is 0.225 e. The van der Waals surface area contributed by atoms with E-state index < -0.39 is 0 Å². The molecule has 21 heavy (non-hydrogen) atoms. The number of rotatable bonds is 4. The van der Waals surface area contributed by atoms with Crippen molar-refractivity contribution < 1.29 is 9.18 Å². The highest BCUT2D eigenvalue weighted by Gasteiger charge is 2.12. The molecule has 2 aromatic rings. The fourth-order valence-corrected chi connectivity index (χ4v) is 2.22. The van der Waals surface area contributed by atoms with E-state index in [0.29, 0.717) is 5.56 Å². The van der Waals surface area contributed by atoms with E-state index >= 15 is 0 Å². The zero-order chi connectivity index (χ0) is 15.4. The Bertz CT molecular complexity index is 651. The van der Waals surface area contributed by atoms with Crippen molar-refractivity contribution in [1.29, 1.82) is 0 Å². The molecule has 1 atom stereocenters. The molecule has 0 saturated carbocycles. The zero-order valence-electron chi connectivity index (χ0n) is 12.6. The number of benzene rings is 2. The van der Waals surface area contributed by atoms with Crippen LogP contribution < -0.4 is 5.32 Å². The van der Waals surface area contributed by atoms with Crippen LogP contribution in [-0.2, 0) is 11.2 Å². The third kappa shape index (κ3) is 3.91. The van der Waals surface area contributed by atoms with Crippen LogP contribution in [0.5, 0.6) is 0 Å². The molecule has 2 aromatic carbocycles. The molecular formula is C18H20FNO. The van der Waals surface area contributed by atoms with Gasteiger partial charge < -0.3 is 5.32 Å². The van der Waals surface area contributed by atoms with Gasteiger partial charge in [-0.05, 0) is 49.1 Å². The molecule has 0 spiro atoms. The largest absolute Gasteiger partial charge is 0.349 e. The normalized spacial score (nSPS) is 12.0. The number of hydrogen-bond acceptors (Lipinski definition) is 1. The van der Waals surface area contributed by atoms with E-state index in [1.54, 1.807) is 18.2 Å². The Kier molecular flexibility index (Phi) is 4.73. The van der Waals surface area contributed by atoms with E-state index in [1.165, 1.54) is 17.2 Å². The van der Waals surface area contributed by atoms with Crippen LogP contribution in [0.4, 0.5) is 4.39 Å². The molecule has 2 nitrogen and oxygen atoms in total. The van der Waals surface area contributed by atoms with Gasteiger partial charge in [0.25, 0.3) is 0 Å². The van der Waals surface area contributed by atoms with Gasteiger partial charge in [0.05, 0.1) is 12.5 Å². The molecule has 1 amide bonds. The molecule has 110 valence electrons. The maximum atomic E-state index is 13.5. The summed E-state index contributed by atoms with van der Waals surface area (Å²) in [4.78, 5) is 12.0. The fourth-order valence-electron chi connectivity index (χ4n) is 2.22. The third-order valence-electron chi connectivity index (χ3n) is 3.72. The lowest BCUT2D eigenvalue weighted by atomic mass is 10.0. The van der Waals surface area contributed by atoms with Crippen LogP contribution in [0.1, 0.15) is 35.2 Å². The second-order valence-corrected chi connectivity index (χ2v) is 5.40. The Hall–Kier alpha value is -2.16. The van der Waals surface area contributed by atoms with Crippen LogP contribution in [0.2, 0.25) is 0 Å². The van der Waals surface area contributed by atoms with E-state index in [0.717, 1.165) is 5.56 Å². The summed E-state index contributed by atoms with van der Waals surface area (Å²) >= 11 is 0. The van der Waals surface area contributed by atoms with E-state index in [9.17, 15) is 9.18 Å². The molecule has 0 bridgehead atoms. The Balaban J connectivity index is 2.02. The highest BCUT2D eigenvalue weighted by molar-refractivity contribution is 5.79. The number of halogens is 1. The molecule has 0 aliphatic carbocycles. The molecule has 3 heteroatoms. The SMILES string of the molecule is Cc1ccc([C@H](C)NC(=O)Cc2ccccc2F)cc1C. The Morgan fingerprint density at radius 1 is 1.14 bits per heavy atom. The summed E-state index contributed by atoms with van der Waals surface area (Å²) in [5, 5.41) is 2.91. The third-order valence-corrected chi connectivity index (χ3v) is 3.72. The standard InChI is InChI=1S/C18H20FNO/c1-12-8-9-15(10-13(12)2)14(3)20-18(21)11-16-6-4-5-7-17(16)19/h4-10,14H,11H2,1-3H3,(H,20,21)/t14-/m0/s1. The van der Waals surface area contributed by atoms with Gasteiger partial charge in [0.15, 0.2) is 0 Å². The van der Waals surface area contributed by atoms with Crippen molar-refractivity contribution in [1.82, 2.24) is 5.32 Å². The van der Waals surface area contributed by atoms with Gasteiger partial charge in [0, 0.05) is 0 Å². The summed E-state index contributed by atoms with van der Waals surface area (Å²) in [5.41, 5.74) is 3.90. The number of carbonyl (C=O) groups is 1. The quantitative estimate of drug-likeness (QED) is 0.908. The second-order valence-electron chi connectivity index (χ2n) is 5.40. The zero-order valence-corrected chi connectivity index (χ0v) is 12.6. The molecule has 1 N–H and O–H groups in total. The number of hydrogen-bond donors (Lipinski definition) is 1. The van der Waals surface area contributed by atoms with Gasteiger partial charge in [-0.2, -0.15) is 0 Å². The first kappa shape index (κ1) is 15.2. The minimum atomic E-state index is -0.341. The van der Waals surface area contributed by atoms with Gasteiger partial charge >= 0.3 is 0 Å². The van der Waals surface area contributed by atoms with Crippen LogP contribution in [0.15, 0.2) is 42.5 Å². The summed E-state index contributed by atoms with van der Waals surface area (Å²) in [6.45, 7) is 6.04. The maximum Gasteiger partial charge on any atom is 0.225 e. The lowest BCUT2D eigenvalue weighted by molar-refractivity contribution is -0.121. The van der Waals surface area contributed by atoms with E-state index in [4.69, 9.17) is 0 Å². The lowest BCUT2D eigenvalue weighted by Crippen LogP contribution is -2.28. The highest BCUT2D eigenvalue weighted by Crippen LogP contribution is 2.17. The average molecular weight is 285 g/mol. The van der Waals surface area contributed by atoms with Crippen LogP contribution in [0.25, 0.3) is 0 Å². The molecule has 0 heterocycles. The van der Waals surface area contributed by atoms with Crippen molar-refractivity contribution in [3.63, 3.8) is 0 Å². The van der Waals surface area contributed by atoms with Crippen LogP contribution >= 0.6 is 0 Å². The average Bonchev–Trinajstić information content (AvgIpc) is 2.44. The van der Waals surface area contributed by atoms with E-state index in [2.05, 4.69) is 18.3 Å². The Labute approximate surface area is 125 Å². The number of aryl methyl sites for hydroxylation is 2. The second kappa shape index (κ2) is 6.53. The first-order valence-electron chi connectivity index (χ1n) is 7.07. The highest BCUT2D eigenvalue weighted by atomic mass is 19.1. The van der Waals surface area contributed by atoms with Gasteiger partial charge in [0.2, 0.25) is 5.91 Å². The molecule has 2 rings (SSSR count). The number of carbonyl (C=O) groups excluding carboxylic acids is 1. The number of amides is 1. The first-order chi connectivity index (χ1) is 9.97. The monoisotopic (exact) mass is 285 g/mol. The molecule has 0 aliphatic rings. The number of nitrogens with one attached hydrogen (secondary N) is 1. The molecule has 0 unspecified atom stereocenters. The molecule has 0 aliphatic heterocycles. The summed E-state index contributed by atoms with van der Waals surface area (Å²) in [5.74, 6) is -0.516.